The van der Waals surface area contributed by atoms with E-state index in [-0.39, 0.29) is 0 Å². The average Bonchev–Trinajstić information content (AvgIpc) is 3.02. The summed E-state index contributed by atoms with van der Waals surface area (Å²) in [7, 11) is 0. The van der Waals surface area contributed by atoms with Crippen LogP contribution in [0.3, 0.4) is 0 Å². The average molecular weight is 246 g/mol. The topological polar surface area (TPSA) is 15.3 Å². The molecule has 5 atom stereocenters. The van der Waals surface area contributed by atoms with Crippen LogP contribution in [0.1, 0.15) is 44.9 Å². The van der Waals surface area contributed by atoms with Gasteiger partial charge >= 0.3 is 0 Å². The van der Waals surface area contributed by atoms with E-state index in [1.54, 1.807) is 0 Å². The second kappa shape index (κ2) is 4.64. The minimum absolute atomic E-state index is 0.712. The maximum atomic E-state index is 3.95. The number of nitrogens with one attached hydrogen (secondary N) is 1. The summed E-state index contributed by atoms with van der Waals surface area (Å²) in [6.07, 6.45) is 15.5. The van der Waals surface area contributed by atoms with Crippen molar-refractivity contribution in [2.45, 2.75) is 57.2 Å². The lowest BCUT2D eigenvalue weighted by Gasteiger charge is -2.25. The van der Waals surface area contributed by atoms with Gasteiger partial charge < -0.3 is 0 Å². The molecule has 0 aromatic heterocycles. The predicted molar refractivity (Wildman–Crippen MR) is 74.2 cm³/mol. The van der Waals surface area contributed by atoms with Crippen molar-refractivity contribution < 1.29 is 0 Å². The quantitative estimate of drug-likeness (QED) is 0.716. The molecule has 2 aliphatic carbocycles. The van der Waals surface area contributed by atoms with Crippen LogP contribution >= 0.6 is 0 Å². The largest absolute Gasteiger partial charge is 0.299 e. The SMILES string of the molecule is C1=CCC2CN(C3CC4CCCCC4N3)CC2C1. The number of allylic oxidation sites excluding steroid dienone is 2. The van der Waals surface area contributed by atoms with Crippen LogP contribution in [0.15, 0.2) is 12.2 Å². The Bertz CT molecular complexity index is 308. The van der Waals surface area contributed by atoms with Crippen molar-refractivity contribution in [3.05, 3.63) is 12.2 Å². The van der Waals surface area contributed by atoms with Crippen LogP contribution in [-0.2, 0) is 0 Å². The molecule has 1 saturated carbocycles. The molecule has 2 saturated heterocycles. The van der Waals surface area contributed by atoms with Crippen molar-refractivity contribution in [2.24, 2.45) is 17.8 Å². The van der Waals surface area contributed by atoms with E-state index in [9.17, 15) is 0 Å². The molecule has 4 aliphatic rings. The van der Waals surface area contributed by atoms with E-state index in [0.717, 1.165) is 23.8 Å². The molecule has 18 heavy (non-hydrogen) atoms. The van der Waals surface area contributed by atoms with Crippen molar-refractivity contribution >= 4 is 0 Å². The molecule has 5 unspecified atom stereocenters. The zero-order valence-corrected chi connectivity index (χ0v) is 11.4. The molecule has 2 aliphatic heterocycles. The highest BCUT2D eigenvalue weighted by Crippen LogP contribution is 2.38. The van der Waals surface area contributed by atoms with Crippen LogP contribution in [-0.4, -0.2) is 30.2 Å². The van der Waals surface area contributed by atoms with Gasteiger partial charge in [-0.1, -0.05) is 25.0 Å². The maximum Gasteiger partial charge on any atom is 0.0602 e. The van der Waals surface area contributed by atoms with Gasteiger partial charge in [-0.3, -0.25) is 10.2 Å². The molecular weight excluding hydrogens is 220 g/mol. The fourth-order valence-corrected chi connectivity index (χ4v) is 4.87. The minimum atomic E-state index is 0.712. The monoisotopic (exact) mass is 246 g/mol. The Morgan fingerprint density at radius 1 is 0.889 bits per heavy atom. The van der Waals surface area contributed by atoms with Gasteiger partial charge in [0.15, 0.2) is 0 Å². The van der Waals surface area contributed by atoms with Crippen molar-refractivity contribution in [3.8, 4) is 0 Å². The second-order valence-corrected chi connectivity index (χ2v) is 6.99. The van der Waals surface area contributed by atoms with Gasteiger partial charge in [0.05, 0.1) is 6.17 Å². The fraction of sp³-hybridized carbons (Fsp3) is 0.875. The summed E-state index contributed by atoms with van der Waals surface area (Å²) in [4.78, 5) is 2.78. The van der Waals surface area contributed by atoms with Crippen molar-refractivity contribution in [1.29, 1.82) is 0 Å². The molecule has 0 spiro atoms. The standard InChI is InChI=1S/C16H26N2/c1-2-7-14-11-18(10-13(14)6-1)16-9-12-5-3-4-8-15(12)17-16/h1-2,12-17H,3-11H2. The second-order valence-electron chi connectivity index (χ2n) is 6.99. The number of hydrogen-bond donors (Lipinski definition) is 1. The van der Waals surface area contributed by atoms with Gasteiger partial charge in [-0.05, 0) is 49.9 Å². The summed E-state index contributed by atoms with van der Waals surface area (Å²) in [5, 5.41) is 3.95. The molecule has 1 N–H and O–H groups in total. The van der Waals surface area contributed by atoms with Crippen LogP contribution in [0.4, 0.5) is 0 Å². The van der Waals surface area contributed by atoms with Gasteiger partial charge in [0.2, 0.25) is 0 Å². The summed E-state index contributed by atoms with van der Waals surface area (Å²) >= 11 is 0. The first-order valence-electron chi connectivity index (χ1n) is 8.05. The highest BCUT2D eigenvalue weighted by atomic mass is 15.3. The summed E-state index contributed by atoms with van der Waals surface area (Å²) in [6, 6.07) is 0.851. The summed E-state index contributed by atoms with van der Waals surface area (Å²) in [5.41, 5.74) is 0. The lowest BCUT2D eigenvalue weighted by atomic mass is 9.85. The lowest BCUT2D eigenvalue weighted by Crippen LogP contribution is -2.43. The Kier molecular flexibility index (Phi) is 2.96. The van der Waals surface area contributed by atoms with Crippen LogP contribution < -0.4 is 5.32 Å². The molecule has 4 rings (SSSR count). The van der Waals surface area contributed by atoms with E-state index in [1.165, 1.54) is 58.0 Å². The number of hydrogen-bond acceptors (Lipinski definition) is 2. The maximum absolute atomic E-state index is 3.95. The predicted octanol–water partition coefficient (Wildman–Crippen LogP) is 2.76. The van der Waals surface area contributed by atoms with E-state index in [0.29, 0.717) is 6.17 Å². The number of nitrogens with zero attached hydrogens (tertiary/aromatic N) is 1. The molecule has 0 aromatic rings. The molecule has 3 fully saturated rings. The summed E-state index contributed by atoms with van der Waals surface area (Å²) in [5.74, 6) is 2.91. The normalized spacial score (nSPS) is 48.1. The van der Waals surface area contributed by atoms with Crippen molar-refractivity contribution in [3.63, 3.8) is 0 Å². The van der Waals surface area contributed by atoms with Gasteiger partial charge in [-0.15, -0.1) is 0 Å². The number of likely N-dealkylation sites (tertiary alicyclic amines) is 1. The summed E-state index contributed by atoms with van der Waals surface area (Å²) < 4.78 is 0. The highest BCUT2D eigenvalue weighted by molar-refractivity contribution is 5.02. The van der Waals surface area contributed by atoms with Gasteiger partial charge in [0, 0.05) is 19.1 Å². The smallest absolute Gasteiger partial charge is 0.0602 e. The van der Waals surface area contributed by atoms with Crippen molar-refractivity contribution in [2.75, 3.05) is 13.1 Å². The Labute approximate surface area is 111 Å². The van der Waals surface area contributed by atoms with E-state index in [4.69, 9.17) is 0 Å². The first-order valence-corrected chi connectivity index (χ1v) is 8.05. The van der Waals surface area contributed by atoms with Gasteiger partial charge in [-0.2, -0.15) is 0 Å². The molecule has 2 heteroatoms. The molecule has 0 aromatic carbocycles. The van der Waals surface area contributed by atoms with Crippen LogP contribution in [0.2, 0.25) is 0 Å². The molecule has 0 bridgehead atoms. The third-order valence-electron chi connectivity index (χ3n) is 5.93. The lowest BCUT2D eigenvalue weighted by molar-refractivity contribution is 0.207. The van der Waals surface area contributed by atoms with E-state index >= 15 is 0 Å². The number of fused-ring (bicyclic) bond motifs is 2. The zero-order valence-electron chi connectivity index (χ0n) is 11.4. The fourth-order valence-electron chi connectivity index (χ4n) is 4.87. The van der Waals surface area contributed by atoms with Crippen molar-refractivity contribution in [1.82, 2.24) is 10.2 Å². The first kappa shape index (κ1) is 11.5. The Morgan fingerprint density at radius 3 is 2.33 bits per heavy atom. The first-order chi connectivity index (χ1) is 8.90. The molecule has 0 radical (unpaired) electrons. The van der Waals surface area contributed by atoms with E-state index < -0.39 is 0 Å². The third-order valence-corrected chi connectivity index (χ3v) is 5.93. The van der Waals surface area contributed by atoms with E-state index in [2.05, 4.69) is 22.4 Å². The third kappa shape index (κ3) is 1.94. The van der Waals surface area contributed by atoms with Crippen LogP contribution in [0.5, 0.6) is 0 Å². The molecular formula is C16H26N2. The van der Waals surface area contributed by atoms with E-state index in [1.807, 2.05) is 0 Å². The van der Waals surface area contributed by atoms with Gasteiger partial charge in [-0.25, -0.2) is 0 Å². The summed E-state index contributed by atoms with van der Waals surface area (Å²) in [6.45, 7) is 2.71. The Hall–Kier alpha value is -0.340. The van der Waals surface area contributed by atoms with Crippen LogP contribution in [0.25, 0.3) is 0 Å². The Morgan fingerprint density at radius 2 is 1.61 bits per heavy atom. The molecule has 2 nitrogen and oxygen atoms in total. The zero-order chi connectivity index (χ0) is 11.9. The van der Waals surface area contributed by atoms with Crippen LogP contribution in [0, 0.1) is 17.8 Å². The van der Waals surface area contributed by atoms with Gasteiger partial charge in [0.25, 0.3) is 0 Å². The Balaban J connectivity index is 1.40. The molecule has 0 amide bonds. The molecule has 2 heterocycles. The molecule has 100 valence electrons. The number of rotatable bonds is 1. The highest BCUT2D eigenvalue weighted by Gasteiger charge is 2.42. The van der Waals surface area contributed by atoms with Gasteiger partial charge in [0.1, 0.15) is 0 Å². The minimum Gasteiger partial charge on any atom is -0.299 e.